The van der Waals surface area contributed by atoms with Gasteiger partial charge < -0.3 is 29.0 Å². The predicted molar refractivity (Wildman–Crippen MR) is 132 cm³/mol. The van der Waals surface area contributed by atoms with E-state index < -0.39 is 5.54 Å². The number of carbonyl (C=O) groups is 2. The van der Waals surface area contributed by atoms with Crippen LogP contribution in [0.4, 0.5) is 0 Å². The Morgan fingerprint density at radius 1 is 1.17 bits per heavy atom. The van der Waals surface area contributed by atoms with Crippen LogP contribution in [-0.4, -0.2) is 60.3 Å². The zero-order valence-corrected chi connectivity index (χ0v) is 20.4. The number of hydrogen-bond acceptors (Lipinski definition) is 5. The van der Waals surface area contributed by atoms with Crippen LogP contribution in [0.5, 0.6) is 11.5 Å². The Morgan fingerprint density at radius 2 is 2.00 bits per heavy atom. The molecule has 2 amide bonds. The second-order valence-corrected chi connectivity index (χ2v) is 9.36. The number of aromatic nitrogens is 1. The van der Waals surface area contributed by atoms with Crippen LogP contribution in [0.3, 0.4) is 0 Å². The molecule has 0 spiro atoms. The molecule has 5 rings (SSSR count). The van der Waals surface area contributed by atoms with E-state index >= 15 is 0 Å². The number of rotatable bonds is 7. The second kappa shape index (κ2) is 9.26. The molecule has 2 aromatic carbocycles. The molecule has 1 aromatic heterocycles. The van der Waals surface area contributed by atoms with Crippen molar-refractivity contribution in [2.24, 2.45) is 0 Å². The molecule has 1 saturated heterocycles. The molecule has 0 bridgehead atoms. The van der Waals surface area contributed by atoms with Gasteiger partial charge >= 0.3 is 0 Å². The quantitative estimate of drug-likeness (QED) is 0.564. The number of ether oxygens (including phenoxy) is 3. The smallest absolute Gasteiger partial charge is 0.271 e. The average molecular weight is 478 g/mol. The van der Waals surface area contributed by atoms with Gasteiger partial charge in [0.25, 0.3) is 5.91 Å². The van der Waals surface area contributed by atoms with Crippen molar-refractivity contribution >= 4 is 22.7 Å². The second-order valence-electron chi connectivity index (χ2n) is 9.36. The molecule has 2 aliphatic rings. The topological polar surface area (TPSA) is 82.0 Å². The number of benzene rings is 2. The first-order chi connectivity index (χ1) is 16.9. The summed E-state index contributed by atoms with van der Waals surface area (Å²) in [4.78, 5) is 29.4. The van der Waals surface area contributed by atoms with Gasteiger partial charge in [-0.25, -0.2) is 0 Å². The number of hydrogen-bond donors (Lipinski definition) is 1. The van der Waals surface area contributed by atoms with E-state index in [1.807, 2.05) is 60.0 Å². The molecule has 0 aliphatic carbocycles. The first-order valence-electron chi connectivity index (χ1n) is 12.0. The highest BCUT2D eigenvalue weighted by Crippen LogP contribution is 2.35. The highest BCUT2D eigenvalue weighted by atomic mass is 16.5. The van der Waals surface area contributed by atoms with Crippen molar-refractivity contribution in [2.75, 3.05) is 27.4 Å². The van der Waals surface area contributed by atoms with Gasteiger partial charge in [0.2, 0.25) is 5.91 Å². The zero-order chi connectivity index (χ0) is 24.6. The Morgan fingerprint density at radius 3 is 2.74 bits per heavy atom. The highest BCUT2D eigenvalue weighted by molar-refractivity contribution is 6.03. The molecule has 2 aliphatic heterocycles. The lowest BCUT2D eigenvalue weighted by atomic mass is 9.93. The molecule has 1 N–H and O–H groups in total. The van der Waals surface area contributed by atoms with Gasteiger partial charge in [-0.05, 0) is 44.0 Å². The summed E-state index contributed by atoms with van der Waals surface area (Å²) in [5.41, 5.74) is 1.13. The van der Waals surface area contributed by atoms with E-state index in [1.165, 1.54) is 0 Å². The van der Waals surface area contributed by atoms with Crippen LogP contribution in [0, 0.1) is 0 Å². The van der Waals surface area contributed by atoms with E-state index in [1.54, 1.807) is 19.1 Å². The fourth-order valence-corrected chi connectivity index (χ4v) is 5.11. The fraction of sp³-hybridized carbons (Fsp3) is 0.407. The Labute approximate surface area is 204 Å². The van der Waals surface area contributed by atoms with Gasteiger partial charge in [-0.1, -0.05) is 18.2 Å². The van der Waals surface area contributed by atoms with Crippen LogP contribution in [0.25, 0.3) is 10.9 Å². The molecule has 2 atom stereocenters. The SMILES string of the molecule is COc1ccc2cc3n(c2c1)CC(C)(C(=O)NCC1CCCO1)N(Cc1ccccc1OC)C3=O. The van der Waals surface area contributed by atoms with Crippen LogP contribution in [0.15, 0.2) is 48.5 Å². The third kappa shape index (κ3) is 4.12. The number of nitrogens with one attached hydrogen (secondary N) is 1. The van der Waals surface area contributed by atoms with Crippen LogP contribution < -0.4 is 14.8 Å². The molecule has 8 nitrogen and oxygen atoms in total. The Bertz CT molecular complexity index is 1260. The monoisotopic (exact) mass is 477 g/mol. The van der Waals surface area contributed by atoms with Gasteiger partial charge in [-0.2, -0.15) is 0 Å². The van der Waals surface area contributed by atoms with E-state index in [0.717, 1.165) is 35.9 Å². The number of carbonyl (C=O) groups excluding carboxylic acids is 2. The first-order valence-corrected chi connectivity index (χ1v) is 12.0. The molecule has 2 unspecified atom stereocenters. The van der Waals surface area contributed by atoms with Crippen LogP contribution in [0.2, 0.25) is 0 Å². The van der Waals surface area contributed by atoms with E-state index in [0.29, 0.717) is 30.3 Å². The third-order valence-electron chi connectivity index (χ3n) is 7.16. The molecular weight excluding hydrogens is 446 g/mol. The van der Waals surface area contributed by atoms with Crippen molar-refractivity contribution < 1.29 is 23.8 Å². The zero-order valence-electron chi connectivity index (χ0n) is 20.4. The molecule has 35 heavy (non-hydrogen) atoms. The lowest BCUT2D eigenvalue weighted by Crippen LogP contribution is -2.64. The van der Waals surface area contributed by atoms with Gasteiger partial charge in [-0.3, -0.25) is 9.59 Å². The van der Waals surface area contributed by atoms with Crippen LogP contribution in [-0.2, 0) is 22.6 Å². The minimum atomic E-state index is -1.13. The van der Waals surface area contributed by atoms with Crippen molar-refractivity contribution in [3.63, 3.8) is 0 Å². The van der Waals surface area contributed by atoms with Gasteiger partial charge in [-0.15, -0.1) is 0 Å². The lowest BCUT2D eigenvalue weighted by molar-refractivity contribution is -0.133. The van der Waals surface area contributed by atoms with Gasteiger partial charge in [0.1, 0.15) is 22.7 Å². The summed E-state index contributed by atoms with van der Waals surface area (Å²) in [5, 5.41) is 3.99. The lowest BCUT2D eigenvalue weighted by Gasteiger charge is -2.44. The summed E-state index contributed by atoms with van der Waals surface area (Å²) >= 11 is 0. The molecule has 3 aromatic rings. The maximum absolute atomic E-state index is 14.0. The Balaban J connectivity index is 1.55. The summed E-state index contributed by atoms with van der Waals surface area (Å²) in [5.74, 6) is 0.976. The standard InChI is InChI=1S/C27H31N3O5/c1-27(26(32)28-15-21-8-6-12-35-21)17-29-22-14-20(33-2)11-10-18(22)13-23(29)25(31)30(27)16-19-7-4-5-9-24(19)34-3/h4-5,7,9-11,13-14,21H,6,8,12,15-17H2,1-3H3,(H,28,32). The predicted octanol–water partition coefficient (Wildman–Crippen LogP) is 3.37. The molecule has 184 valence electrons. The molecule has 3 heterocycles. The maximum Gasteiger partial charge on any atom is 0.271 e. The average Bonchev–Trinajstić information content (AvgIpc) is 3.53. The first kappa shape index (κ1) is 23.2. The summed E-state index contributed by atoms with van der Waals surface area (Å²) in [6.07, 6.45) is 1.93. The van der Waals surface area contributed by atoms with E-state index in [9.17, 15) is 9.59 Å². The van der Waals surface area contributed by atoms with Crippen LogP contribution in [0.1, 0.15) is 35.8 Å². The minimum absolute atomic E-state index is 0.0109. The number of fused-ring (bicyclic) bond motifs is 3. The van der Waals surface area contributed by atoms with E-state index in [-0.39, 0.29) is 24.5 Å². The summed E-state index contributed by atoms with van der Waals surface area (Å²) < 4.78 is 18.6. The molecule has 0 radical (unpaired) electrons. The minimum Gasteiger partial charge on any atom is -0.497 e. The fourth-order valence-electron chi connectivity index (χ4n) is 5.11. The third-order valence-corrected chi connectivity index (χ3v) is 7.16. The van der Waals surface area contributed by atoms with Gasteiger partial charge in [0.15, 0.2) is 0 Å². The van der Waals surface area contributed by atoms with Gasteiger partial charge in [0, 0.05) is 30.2 Å². The van der Waals surface area contributed by atoms with Crippen molar-refractivity contribution in [2.45, 2.75) is 44.5 Å². The van der Waals surface area contributed by atoms with Crippen molar-refractivity contribution in [1.82, 2.24) is 14.8 Å². The summed E-state index contributed by atoms with van der Waals surface area (Å²) in [6.45, 7) is 3.55. The van der Waals surface area contributed by atoms with E-state index in [4.69, 9.17) is 14.2 Å². The highest BCUT2D eigenvalue weighted by Gasteiger charge is 2.48. The molecular formula is C27H31N3O5. The maximum atomic E-state index is 14.0. The van der Waals surface area contributed by atoms with E-state index in [2.05, 4.69) is 5.32 Å². The van der Waals surface area contributed by atoms with Crippen molar-refractivity contribution in [3.8, 4) is 11.5 Å². The Hall–Kier alpha value is -3.52. The summed E-state index contributed by atoms with van der Waals surface area (Å²) in [6, 6.07) is 15.2. The van der Waals surface area contributed by atoms with Crippen molar-refractivity contribution in [1.29, 1.82) is 0 Å². The number of para-hydroxylation sites is 1. The van der Waals surface area contributed by atoms with Crippen molar-refractivity contribution in [3.05, 3.63) is 59.8 Å². The normalized spacial score (nSPS) is 21.7. The Kier molecular flexibility index (Phi) is 6.15. The van der Waals surface area contributed by atoms with Gasteiger partial charge in [0.05, 0.1) is 38.9 Å². The summed E-state index contributed by atoms with van der Waals surface area (Å²) in [7, 11) is 3.22. The largest absolute Gasteiger partial charge is 0.497 e. The molecule has 1 fully saturated rings. The number of amides is 2. The molecule has 0 saturated carbocycles. The number of nitrogens with zero attached hydrogens (tertiary/aromatic N) is 2. The van der Waals surface area contributed by atoms with Crippen LogP contribution >= 0.6 is 0 Å². The molecule has 8 heteroatoms. The number of methoxy groups -OCH3 is 2.